The highest BCUT2D eigenvalue weighted by atomic mass is 35.7. The second-order valence-corrected chi connectivity index (χ2v) is 30.6. The molecule has 0 aliphatic rings. The molecule has 0 atom stereocenters. The third-order valence-electron chi connectivity index (χ3n) is 3.66. The molecule has 0 spiro atoms. The Morgan fingerprint density at radius 3 is 0.812 bits per heavy atom. The van der Waals surface area contributed by atoms with Crippen molar-refractivity contribution in [1.82, 2.24) is 0 Å². The molecule has 0 saturated carbocycles. The fraction of sp³-hybridized carbons (Fsp3) is 1.00. The zero-order valence-corrected chi connectivity index (χ0v) is 17.8. The predicted molar refractivity (Wildman–Crippen MR) is 90.2 cm³/mol. The number of hydrogen-bond donors (Lipinski definition) is 0. The number of halogens is 2. The van der Waals surface area contributed by atoms with Gasteiger partial charge in [-0.1, -0.05) is 66.3 Å². The van der Waals surface area contributed by atoms with E-state index < -0.39 is 31.6 Å². The monoisotopic (exact) mass is 329 g/mol. The molecule has 0 aliphatic heterocycles. The van der Waals surface area contributed by atoms with Crippen molar-refractivity contribution < 1.29 is 0 Å². The second kappa shape index (κ2) is 4.85. The van der Waals surface area contributed by atoms with Gasteiger partial charge in [0.1, 0.15) is 0 Å². The second-order valence-electron chi connectivity index (χ2n) is 7.76. The molecule has 0 heterocycles. The lowest BCUT2D eigenvalue weighted by atomic mass is 11.6. The summed E-state index contributed by atoms with van der Waals surface area (Å²) >= 11 is 13.3. The Kier molecular flexibility index (Phi) is 5.29. The van der Waals surface area contributed by atoms with E-state index in [4.69, 9.17) is 22.2 Å². The van der Waals surface area contributed by atoms with Crippen LogP contribution in [0, 0.1) is 0 Å². The van der Waals surface area contributed by atoms with Gasteiger partial charge in [-0.25, -0.2) is 0 Å². The van der Waals surface area contributed by atoms with Crippen LogP contribution in [0.2, 0.25) is 62.8 Å². The molecular weight excluding hydrogens is 303 g/mol. The molecule has 0 unspecified atom stereocenters. The van der Waals surface area contributed by atoms with E-state index in [1.807, 2.05) is 0 Å². The van der Waals surface area contributed by atoms with E-state index >= 15 is 0 Å². The van der Waals surface area contributed by atoms with Gasteiger partial charge in [-0.15, -0.1) is 3.91 Å². The minimum atomic E-state index is -1.37. The largest absolute Gasteiger partial charge is 0.369 e. The lowest BCUT2D eigenvalue weighted by Gasteiger charge is -2.67. The maximum atomic E-state index is 6.63. The van der Waals surface area contributed by atoms with Crippen molar-refractivity contribution in [3.63, 3.8) is 0 Å². The normalized spacial score (nSPS) is 15.8. The molecule has 0 bridgehead atoms. The van der Waals surface area contributed by atoms with Crippen LogP contribution >= 0.6 is 22.2 Å². The van der Waals surface area contributed by atoms with Gasteiger partial charge >= 0.3 is 0 Å². The van der Waals surface area contributed by atoms with Crippen LogP contribution in [-0.4, -0.2) is 31.6 Å². The Balaban J connectivity index is 6.05. The molecular formula is C10H27Cl2Si4-. The predicted octanol–water partition coefficient (Wildman–Crippen LogP) is 5.32. The quantitative estimate of drug-likeness (QED) is 0.483. The van der Waals surface area contributed by atoms with Crippen LogP contribution in [0.3, 0.4) is 0 Å². The van der Waals surface area contributed by atoms with Crippen molar-refractivity contribution >= 4 is 53.8 Å². The van der Waals surface area contributed by atoms with Gasteiger partial charge in [0.15, 0.2) is 0 Å². The SMILES string of the molecule is C[Si](C)(C)C([Si-](Cl)Cl)([Si](C)(C)C)[Si](C)(C)C. The summed E-state index contributed by atoms with van der Waals surface area (Å²) in [5, 5.41) is 0. The Hall–Kier alpha value is 1.45. The molecule has 0 radical (unpaired) electrons. The molecule has 0 aliphatic carbocycles. The van der Waals surface area contributed by atoms with Gasteiger partial charge in [0, 0.05) is 24.2 Å². The third kappa shape index (κ3) is 2.72. The number of rotatable bonds is 4. The summed E-state index contributed by atoms with van der Waals surface area (Å²) in [7, 11) is -5.37. The van der Waals surface area contributed by atoms with Crippen LogP contribution < -0.4 is 0 Å². The molecule has 0 aromatic rings. The highest BCUT2D eigenvalue weighted by Gasteiger charge is 2.55. The maximum Gasteiger partial charge on any atom is 0.0148 e. The fourth-order valence-electron chi connectivity index (χ4n) is 4.23. The summed E-state index contributed by atoms with van der Waals surface area (Å²) in [6.45, 7) is 22.2. The average molecular weight is 331 g/mol. The van der Waals surface area contributed by atoms with E-state index in [-0.39, 0.29) is 0 Å². The first-order valence-corrected chi connectivity index (χ1v) is 19.9. The van der Waals surface area contributed by atoms with Crippen molar-refractivity contribution in [2.24, 2.45) is 0 Å². The summed E-state index contributed by atoms with van der Waals surface area (Å²) in [4.78, 5) is 0. The van der Waals surface area contributed by atoms with E-state index in [1.54, 1.807) is 0 Å². The first kappa shape index (κ1) is 17.4. The first-order valence-electron chi connectivity index (χ1n) is 5.88. The lowest BCUT2D eigenvalue weighted by molar-refractivity contribution is 1.24. The van der Waals surface area contributed by atoms with Crippen LogP contribution in [0.1, 0.15) is 0 Å². The van der Waals surface area contributed by atoms with E-state index in [2.05, 4.69) is 58.9 Å². The minimum absolute atomic E-state index is 0.362. The van der Waals surface area contributed by atoms with E-state index in [9.17, 15) is 0 Å². The average Bonchev–Trinajstić information content (AvgIpc) is 1.71. The van der Waals surface area contributed by atoms with Crippen molar-refractivity contribution in [3.8, 4) is 0 Å². The summed E-state index contributed by atoms with van der Waals surface area (Å²) in [5.74, 6) is 0. The first-order chi connectivity index (χ1) is 6.69. The zero-order valence-electron chi connectivity index (χ0n) is 12.3. The maximum absolute atomic E-state index is 6.63. The molecule has 6 heteroatoms. The van der Waals surface area contributed by atoms with Gasteiger partial charge in [-0.2, -0.15) is 0 Å². The smallest absolute Gasteiger partial charge is 0.0148 e. The topological polar surface area (TPSA) is 0 Å². The van der Waals surface area contributed by atoms with Crippen molar-refractivity contribution in [2.45, 2.75) is 62.8 Å². The van der Waals surface area contributed by atoms with Gasteiger partial charge in [0.05, 0.1) is 0 Å². The van der Waals surface area contributed by atoms with Gasteiger partial charge in [0.2, 0.25) is 0 Å². The van der Waals surface area contributed by atoms with Crippen LogP contribution in [0.25, 0.3) is 0 Å². The van der Waals surface area contributed by atoms with Crippen LogP contribution in [0.4, 0.5) is 0 Å². The van der Waals surface area contributed by atoms with Crippen molar-refractivity contribution in [2.75, 3.05) is 0 Å². The Labute approximate surface area is 116 Å². The van der Waals surface area contributed by atoms with E-state index in [1.165, 1.54) is 0 Å². The molecule has 98 valence electrons. The molecule has 0 nitrogen and oxygen atoms in total. The third-order valence-corrected chi connectivity index (χ3v) is 38.0. The van der Waals surface area contributed by atoms with Gasteiger partial charge in [0.25, 0.3) is 0 Å². The summed E-state index contributed by atoms with van der Waals surface area (Å²) in [5.41, 5.74) is 0. The van der Waals surface area contributed by atoms with Gasteiger partial charge in [-0.05, 0) is 0 Å². The highest BCUT2D eigenvalue weighted by molar-refractivity contribution is 7.48. The Bertz CT molecular complexity index is 209. The molecule has 0 rings (SSSR count). The van der Waals surface area contributed by atoms with Crippen LogP contribution in [-0.2, 0) is 0 Å². The number of hydrogen-bond acceptors (Lipinski definition) is 0. The lowest BCUT2D eigenvalue weighted by Crippen LogP contribution is -2.70. The molecule has 0 fully saturated rings. The highest BCUT2D eigenvalue weighted by Crippen LogP contribution is 2.57. The van der Waals surface area contributed by atoms with E-state index in [0.717, 1.165) is 0 Å². The van der Waals surface area contributed by atoms with Crippen molar-refractivity contribution in [1.29, 1.82) is 0 Å². The molecule has 0 aromatic carbocycles. The van der Waals surface area contributed by atoms with Crippen LogP contribution in [0.15, 0.2) is 0 Å². The molecule has 0 amide bonds. The van der Waals surface area contributed by atoms with Gasteiger partial charge < -0.3 is 22.2 Å². The van der Waals surface area contributed by atoms with E-state index in [0.29, 0.717) is 3.91 Å². The standard InChI is InChI=1S/C10H27Cl2Si4/c1-14(2,3)10(13(11)12,15(4,5)6)16(7,8)9/h1-9H3/q-1. The minimum Gasteiger partial charge on any atom is -0.369 e. The van der Waals surface area contributed by atoms with Gasteiger partial charge in [-0.3, -0.25) is 0 Å². The zero-order chi connectivity index (χ0) is 13.6. The molecule has 0 N–H and O–H groups in total. The van der Waals surface area contributed by atoms with Crippen molar-refractivity contribution in [3.05, 3.63) is 0 Å². The summed E-state index contributed by atoms with van der Waals surface area (Å²) < 4.78 is 0.362. The summed E-state index contributed by atoms with van der Waals surface area (Å²) in [6, 6.07) is 0. The molecule has 0 saturated heterocycles. The van der Waals surface area contributed by atoms with Crippen LogP contribution in [0.5, 0.6) is 0 Å². The molecule has 0 aromatic heterocycles. The summed E-state index contributed by atoms with van der Waals surface area (Å²) in [6.07, 6.45) is 0. The Morgan fingerprint density at radius 2 is 0.812 bits per heavy atom. The molecule has 16 heavy (non-hydrogen) atoms. The Morgan fingerprint density at radius 1 is 0.625 bits per heavy atom. The fourth-order valence-corrected chi connectivity index (χ4v) is 53.3.